The van der Waals surface area contributed by atoms with Gasteiger partial charge in [-0.05, 0) is 27.8 Å². The van der Waals surface area contributed by atoms with E-state index in [9.17, 15) is 0 Å². The largest absolute Gasteiger partial charge is 0.368 e. The van der Waals surface area contributed by atoms with Gasteiger partial charge in [0.05, 0.1) is 19.8 Å². The highest BCUT2D eigenvalue weighted by Crippen LogP contribution is 2.41. The number of rotatable bonds is 13. The fraction of sp³-hybridized carbons (Fsp3) is 0.231. The Labute approximate surface area is 260 Å². The summed E-state index contributed by atoms with van der Waals surface area (Å²) in [6.07, 6.45) is -1.98. The van der Waals surface area contributed by atoms with Gasteiger partial charge in [0.15, 0.2) is 6.29 Å². The summed E-state index contributed by atoms with van der Waals surface area (Å²) < 4.78 is 32.6. The molecular formula is C39H38O5. The molecule has 0 amide bonds. The third-order valence-corrected chi connectivity index (χ3v) is 8.08. The molecule has 0 radical (unpaired) electrons. The molecule has 0 unspecified atom stereocenters. The lowest BCUT2D eigenvalue weighted by Gasteiger charge is -2.37. The van der Waals surface area contributed by atoms with E-state index in [1.807, 2.05) is 103 Å². The highest BCUT2D eigenvalue weighted by Gasteiger charge is 2.48. The van der Waals surface area contributed by atoms with Crippen LogP contribution in [0.15, 0.2) is 152 Å². The standard InChI is InChI=1S/C39H38O5/c1-40-38-37(42-28-31-19-9-3-10-20-31)36(41-27-30-17-7-2-8-18-30)35(44-38)29-43-39(32-21-11-4-12-22-32,33-23-13-5-14-24-33)34-25-15-6-16-26-34/h2-26,35-38H,27-29H2,1H3/t35-,36-,37-,38-/m1/s1. The number of hydrogen-bond acceptors (Lipinski definition) is 5. The molecule has 0 bridgehead atoms. The predicted octanol–water partition coefficient (Wildman–Crippen LogP) is 7.54. The van der Waals surface area contributed by atoms with Gasteiger partial charge in [-0.25, -0.2) is 0 Å². The zero-order chi connectivity index (χ0) is 30.0. The summed E-state index contributed by atoms with van der Waals surface area (Å²) in [5, 5.41) is 0. The highest BCUT2D eigenvalue weighted by molar-refractivity contribution is 5.47. The smallest absolute Gasteiger partial charge is 0.186 e. The van der Waals surface area contributed by atoms with Gasteiger partial charge in [-0.2, -0.15) is 0 Å². The van der Waals surface area contributed by atoms with E-state index in [0.717, 1.165) is 27.8 Å². The van der Waals surface area contributed by atoms with Crippen LogP contribution in [0, 0.1) is 0 Å². The van der Waals surface area contributed by atoms with Crippen LogP contribution in [0.25, 0.3) is 0 Å². The van der Waals surface area contributed by atoms with Gasteiger partial charge in [-0.3, -0.25) is 0 Å². The Morgan fingerprint density at radius 1 is 0.523 bits per heavy atom. The van der Waals surface area contributed by atoms with Gasteiger partial charge in [0, 0.05) is 7.11 Å². The van der Waals surface area contributed by atoms with Gasteiger partial charge in [0.1, 0.15) is 23.9 Å². The van der Waals surface area contributed by atoms with E-state index >= 15 is 0 Å². The molecule has 5 heteroatoms. The summed E-state index contributed by atoms with van der Waals surface area (Å²) in [5.74, 6) is 0. The summed E-state index contributed by atoms with van der Waals surface area (Å²) in [6, 6.07) is 51.3. The van der Waals surface area contributed by atoms with E-state index in [4.69, 9.17) is 23.7 Å². The summed E-state index contributed by atoms with van der Waals surface area (Å²) in [4.78, 5) is 0. The Balaban J connectivity index is 1.33. The molecule has 44 heavy (non-hydrogen) atoms. The van der Waals surface area contributed by atoms with Crippen molar-refractivity contribution in [2.45, 2.75) is 43.4 Å². The minimum atomic E-state index is -0.886. The van der Waals surface area contributed by atoms with Gasteiger partial charge < -0.3 is 23.7 Å². The summed E-state index contributed by atoms with van der Waals surface area (Å²) in [7, 11) is 1.64. The molecule has 0 aromatic heterocycles. The molecular weight excluding hydrogens is 548 g/mol. The number of benzene rings is 5. The molecule has 0 saturated carbocycles. The molecule has 1 fully saturated rings. The molecule has 1 saturated heterocycles. The lowest BCUT2D eigenvalue weighted by molar-refractivity contribution is -0.173. The van der Waals surface area contributed by atoms with Gasteiger partial charge in [-0.1, -0.05) is 152 Å². The second-order valence-electron chi connectivity index (χ2n) is 10.9. The second-order valence-corrected chi connectivity index (χ2v) is 10.9. The van der Waals surface area contributed by atoms with Crippen molar-refractivity contribution in [3.8, 4) is 0 Å². The van der Waals surface area contributed by atoms with Gasteiger partial charge in [0.2, 0.25) is 0 Å². The first-order chi connectivity index (χ1) is 21.8. The maximum absolute atomic E-state index is 7.14. The van der Waals surface area contributed by atoms with Crippen molar-refractivity contribution in [3.63, 3.8) is 0 Å². The Hall–Kier alpha value is -4.10. The van der Waals surface area contributed by atoms with E-state index < -0.39 is 30.2 Å². The van der Waals surface area contributed by atoms with Crippen molar-refractivity contribution < 1.29 is 23.7 Å². The average Bonchev–Trinajstić information content (AvgIpc) is 3.45. The molecule has 5 nitrogen and oxygen atoms in total. The lowest BCUT2D eigenvalue weighted by Crippen LogP contribution is -2.42. The van der Waals surface area contributed by atoms with Crippen molar-refractivity contribution in [3.05, 3.63) is 179 Å². The molecule has 5 aromatic rings. The van der Waals surface area contributed by atoms with Crippen LogP contribution in [0.1, 0.15) is 27.8 Å². The van der Waals surface area contributed by atoms with Crippen molar-refractivity contribution in [2.75, 3.05) is 13.7 Å². The topological polar surface area (TPSA) is 46.2 Å². The van der Waals surface area contributed by atoms with E-state index in [1.54, 1.807) is 7.11 Å². The van der Waals surface area contributed by atoms with Crippen LogP contribution >= 0.6 is 0 Å². The van der Waals surface area contributed by atoms with Crippen LogP contribution in [0.2, 0.25) is 0 Å². The van der Waals surface area contributed by atoms with E-state index in [2.05, 4.69) is 48.5 Å². The molecule has 1 heterocycles. The third kappa shape index (κ3) is 6.68. The number of methoxy groups -OCH3 is 1. The van der Waals surface area contributed by atoms with Crippen molar-refractivity contribution in [1.82, 2.24) is 0 Å². The molecule has 5 aromatic carbocycles. The zero-order valence-electron chi connectivity index (χ0n) is 24.9. The molecule has 4 atom stereocenters. The number of ether oxygens (including phenoxy) is 5. The first kappa shape index (κ1) is 29.9. The first-order valence-electron chi connectivity index (χ1n) is 15.1. The van der Waals surface area contributed by atoms with Crippen LogP contribution in [-0.4, -0.2) is 38.3 Å². The Kier molecular flexibility index (Phi) is 9.93. The van der Waals surface area contributed by atoms with Crippen LogP contribution < -0.4 is 0 Å². The molecule has 1 aliphatic heterocycles. The second kappa shape index (κ2) is 14.6. The van der Waals surface area contributed by atoms with Crippen molar-refractivity contribution >= 4 is 0 Å². The zero-order valence-corrected chi connectivity index (χ0v) is 24.9. The van der Waals surface area contributed by atoms with Crippen molar-refractivity contribution in [2.24, 2.45) is 0 Å². The fourth-order valence-electron chi connectivity index (χ4n) is 5.90. The molecule has 0 aliphatic carbocycles. The molecule has 224 valence electrons. The summed E-state index contributed by atoms with van der Waals surface area (Å²) in [5.41, 5.74) is 4.33. The highest BCUT2D eigenvalue weighted by atomic mass is 16.7. The van der Waals surface area contributed by atoms with E-state index in [1.165, 1.54) is 0 Å². The predicted molar refractivity (Wildman–Crippen MR) is 171 cm³/mol. The maximum Gasteiger partial charge on any atom is 0.186 e. The summed E-state index contributed by atoms with van der Waals surface area (Å²) >= 11 is 0. The monoisotopic (exact) mass is 586 g/mol. The van der Waals surface area contributed by atoms with Gasteiger partial charge >= 0.3 is 0 Å². The molecule has 6 rings (SSSR count). The molecule has 0 spiro atoms. The van der Waals surface area contributed by atoms with E-state index in [-0.39, 0.29) is 6.61 Å². The van der Waals surface area contributed by atoms with Crippen LogP contribution in [0.4, 0.5) is 0 Å². The third-order valence-electron chi connectivity index (χ3n) is 8.08. The summed E-state index contributed by atoms with van der Waals surface area (Å²) in [6.45, 7) is 1.06. The minimum Gasteiger partial charge on any atom is -0.368 e. The van der Waals surface area contributed by atoms with Crippen LogP contribution in [-0.2, 0) is 42.5 Å². The maximum atomic E-state index is 7.14. The van der Waals surface area contributed by atoms with Gasteiger partial charge in [0.25, 0.3) is 0 Å². The quantitative estimate of drug-likeness (QED) is 0.133. The Morgan fingerprint density at radius 3 is 1.32 bits per heavy atom. The SMILES string of the molecule is CO[C@@H]1O[C@H](COC(c2ccccc2)(c2ccccc2)c2ccccc2)[C@@H](OCc2ccccc2)[C@H]1OCc1ccccc1. The van der Waals surface area contributed by atoms with E-state index in [0.29, 0.717) is 13.2 Å². The first-order valence-corrected chi connectivity index (χ1v) is 15.1. The Morgan fingerprint density at radius 2 is 0.909 bits per heavy atom. The molecule has 0 N–H and O–H groups in total. The molecule has 1 aliphatic rings. The average molecular weight is 587 g/mol. The van der Waals surface area contributed by atoms with Gasteiger partial charge in [-0.15, -0.1) is 0 Å². The lowest BCUT2D eigenvalue weighted by atomic mass is 9.80. The number of hydrogen-bond donors (Lipinski definition) is 0. The fourth-order valence-corrected chi connectivity index (χ4v) is 5.90. The van der Waals surface area contributed by atoms with Crippen LogP contribution in [0.5, 0.6) is 0 Å². The normalized spacial score (nSPS) is 20.0. The van der Waals surface area contributed by atoms with Crippen molar-refractivity contribution in [1.29, 1.82) is 0 Å². The van der Waals surface area contributed by atoms with Crippen LogP contribution in [0.3, 0.4) is 0 Å². The minimum absolute atomic E-state index is 0.239. The Bertz CT molecular complexity index is 1430.